The quantitative estimate of drug-likeness (QED) is 0.242. The molecule has 34 heavy (non-hydrogen) atoms. The molecule has 0 bridgehead atoms. The summed E-state index contributed by atoms with van der Waals surface area (Å²) in [6, 6.07) is 24.4. The number of rotatable bonds is 6. The molecule has 0 saturated heterocycles. The fraction of sp³-hybridized carbons (Fsp3) is 0.0714. The zero-order chi connectivity index (χ0) is 24.1. The van der Waals surface area contributed by atoms with Gasteiger partial charge in [-0.25, -0.2) is 4.39 Å². The van der Waals surface area contributed by atoms with Gasteiger partial charge in [0, 0.05) is 21.8 Å². The third-order valence-corrected chi connectivity index (χ3v) is 5.62. The van der Waals surface area contributed by atoms with Gasteiger partial charge in [0.25, 0.3) is 5.91 Å². The lowest BCUT2D eigenvalue weighted by molar-refractivity contribution is -0.112. The summed E-state index contributed by atoms with van der Waals surface area (Å²) < 4.78 is 19.3. The number of anilines is 1. The summed E-state index contributed by atoms with van der Waals surface area (Å²) in [6.07, 6.45) is 1.43. The van der Waals surface area contributed by atoms with Crippen molar-refractivity contribution in [3.63, 3.8) is 0 Å². The van der Waals surface area contributed by atoms with Crippen LogP contribution in [0.5, 0.6) is 5.75 Å². The number of halogens is 2. The molecule has 0 fully saturated rings. The first-order valence-electron chi connectivity index (χ1n) is 10.5. The molecule has 0 atom stereocenters. The van der Waals surface area contributed by atoms with Crippen molar-refractivity contribution in [2.24, 2.45) is 0 Å². The Bertz CT molecular complexity index is 1440. The summed E-state index contributed by atoms with van der Waals surface area (Å²) in [5.74, 6) is -0.555. The van der Waals surface area contributed by atoms with Gasteiger partial charge in [-0.1, -0.05) is 48.0 Å². The van der Waals surface area contributed by atoms with E-state index in [1.165, 1.54) is 30.3 Å². The van der Waals surface area contributed by atoms with Crippen LogP contribution in [0.2, 0.25) is 5.02 Å². The molecule has 0 saturated carbocycles. The van der Waals surface area contributed by atoms with Gasteiger partial charge in [-0.15, -0.1) is 0 Å². The van der Waals surface area contributed by atoms with Crippen LogP contribution < -0.4 is 10.1 Å². The van der Waals surface area contributed by atoms with Crippen LogP contribution in [0.1, 0.15) is 16.7 Å². The minimum absolute atomic E-state index is 0.141. The molecule has 1 N–H and O–H groups in total. The molecule has 6 heteroatoms. The fourth-order valence-corrected chi connectivity index (χ4v) is 3.77. The van der Waals surface area contributed by atoms with E-state index in [0.717, 1.165) is 21.9 Å². The number of amides is 1. The molecule has 0 aliphatic rings. The molecule has 0 aromatic heterocycles. The summed E-state index contributed by atoms with van der Waals surface area (Å²) in [4.78, 5) is 12.6. The van der Waals surface area contributed by atoms with Crippen LogP contribution in [0.25, 0.3) is 16.8 Å². The highest BCUT2D eigenvalue weighted by molar-refractivity contribution is 6.30. The first kappa shape index (κ1) is 23.0. The molecule has 0 spiro atoms. The molecule has 4 aromatic rings. The topological polar surface area (TPSA) is 62.1 Å². The molecule has 0 aliphatic heterocycles. The van der Waals surface area contributed by atoms with Gasteiger partial charge in [-0.3, -0.25) is 4.79 Å². The smallest absolute Gasteiger partial charge is 0.266 e. The minimum Gasteiger partial charge on any atom is -0.488 e. The van der Waals surface area contributed by atoms with Crippen molar-refractivity contribution in [2.45, 2.75) is 13.5 Å². The van der Waals surface area contributed by atoms with Crippen LogP contribution in [-0.4, -0.2) is 5.91 Å². The molecular formula is C28H20ClFN2O2. The van der Waals surface area contributed by atoms with E-state index in [4.69, 9.17) is 16.3 Å². The Kier molecular flexibility index (Phi) is 6.91. The van der Waals surface area contributed by atoms with Gasteiger partial charge in [-0.05, 0) is 71.8 Å². The summed E-state index contributed by atoms with van der Waals surface area (Å²) in [7, 11) is 0. The van der Waals surface area contributed by atoms with Crippen molar-refractivity contribution in [1.29, 1.82) is 5.26 Å². The van der Waals surface area contributed by atoms with Crippen molar-refractivity contribution in [1.82, 2.24) is 0 Å². The number of hydrogen-bond donors (Lipinski definition) is 1. The maximum atomic E-state index is 13.1. The van der Waals surface area contributed by atoms with Gasteiger partial charge in [0.05, 0.1) is 0 Å². The van der Waals surface area contributed by atoms with Gasteiger partial charge in [0.15, 0.2) is 0 Å². The standard InChI is InChI=1S/C28H20ClFN2O2/c1-18-6-7-19-4-2-3-5-25(19)26(18)17-34-27-13-8-22(29)15-20(27)14-21(16-31)28(33)32-24-11-9-23(30)10-12-24/h2-15H,17H2,1H3,(H,32,33)/b21-14+. The summed E-state index contributed by atoms with van der Waals surface area (Å²) in [6.45, 7) is 2.33. The lowest BCUT2D eigenvalue weighted by Crippen LogP contribution is -2.13. The molecule has 4 aromatic carbocycles. The van der Waals surface area contributed by atoms with E-state index < -0.39 is 11.7 Å². The van der Waals surface area contributed by atoms with E-state index >= 15 is 0 Å². The minimum atomic E-state index is -0.620. The van der Waals surface area contributed by atoms with Gasteiger partial charge in [-0.2, -0.15) is 5.26 Å². The highest BCUT2D eigenvalue weighted by atomic mass is 35.5. The third-order valence-electron chi connectivity index (χ3n) is 5.39. The summed E-state index contributed by atoms with van der Waals surface area (Å²) >= 11 is 6.18. The number of nitrogens with one attached hydrogen (secondary N) is 1. The second kappa shape index (κ2) is 10.2. The Labute approximate surface area is 201 Å². The van der Waals surface area contributed by atoms with Crippen LogP contribution >= 0.6 is 11.6 Å². The number of benzene rings is 4. The molecule has 168 valence electrons. The number of carbonyl (C=O) groups is 1. The van der Waals surface area contributed by atoms with E-state index in [1.807, 2.05) is 31.2 Å². The molecule has 0 aliphatic carbocycles. The number of nitrogens with zero attached hydrogens (tertiary/aromatic N) is 1. The van der Waals surface area contributed by atoms with Crippen LogP contribution in [-0.2, 0) is 11.4 Å². The highest BCUT2D eigenvalue weighted by Crippen LogP contribution is 2.29. The monoisotopic (exact) mass is 470 g/mol. The Morgan fingerprint density at radius 3 is 2.62 bits per heavy atom. The van der Waals surface area contributed by atoms with E-state index in [2.05, 4.69) is 23.5 Å². The predicted octanol–water partition coefficient (Wildman–Crippen LogP) is 7.07. The zero-order valence-electron chi connectivity index (χ0n) is 18.3. The Hall–Kier alpha value is -4.14. The van der Waals surface area contributed by atoms with Gasteiger partial charge in [0.2, 0.25) is 0 Å². The van der Waals surface area contributed by atoms with Crippen LogP contribution in [0, 0.1) is 24.1 Å². The maximum absolute atomic E-state index is 13.1. The number of nitriles is 1. The largest absolute Gasteiger partial charge is 0.488 e. The Morgan fingerprint density at radius 1 is 1.09 bits per heavy atom. The predicted molar refractivity (Wildman–Crippen MR) is 133 cm³/mol. The maximum Gasteiger partial charge on any atom is 0.266 e. The average molecular weight is 471 g/mol. The van der Waals surface area contributed by atoms with Crippen molar-refractivity contribution >= 4 is 40.0 Å². The number of ether oxygens (including phenoxy) is 1. The van der Waals surface area contributed by atoms with Crippen LogP contribution in [0.3, 0.4) is 0 Å². The van der Waals surface area contributed by atoms with Crippen molar-refractivity contribution in [2.75, 3.05) is 5.32 Å². The van der Waals surface area contributed by atoms with Crippen molar-refractivity contribution in [3.8, 4) is 11.8 Å². The van der Waals surface area contributed by atoms with Gasteiger partial charge < -0.3 is 10.1 Å². The second-order valence-corrected chi connectivity index (χ2v) is 8.12. The summed E-state index contributed by atoms with van der Waals surface area (Å²) in [5, 5.41) is 14.8. The first-order valence-corrected chi connectivity index (χ1v) is 10.9. The lowest BCUT2D eigenvalue weighted by Gasteiger charge is -2.14. The van der Waals surface area contributed by atoms with E-state index in [0.29, 0.717) is 28.6 Å². The summed E-state index contributed by atoms with van der Waals surface area (Å²) in [5.41, 5.74) is 2.88. The second-order valence-electron chi connectivity index (χ2n) is 7.68. The van der Waals surface area contributed by atoms with Gasteiger partial charge in [0.1, 0.15) is 29.8 Å². The van der Waals surface area contributed by atoms with E-state index in [1.54, 1.807) is 18.2 Å². The Balaban J connectivity index is 1.61. The Morgan fingerprint density at radius 2 is 1.85 bits per heavy atom. The molecule has 4 rings (SSSR count). The van der Waals surface area contributed by atoms with Crippen LogP contribution in [0.4, 0.5) is 10.1 Å². The number of fused-ring (bicyclic) bond motifs is 1. The van der Waals surface area contributed by atoms with E-state index in [-0.39, 0.29) is 5.57 Å². The SMILES string of the molecule is Cc1ccc2ccccc2c1COc1ccc(Cl)cc1/C=C(\C#N)C(=O)Nc1ccc(F)cc1. The first-order chi connectivity index (χ1) is 16.4. The normalized spacial score (nSPS) is 11.2. The lowest BCUT2D eigenvalue weighted by atomic mass is 10.0. The molecule has 0 heterocycles. The van der Waals surface area contributed by atoms with Crippen molar-refractivity contribution in [3.05, 3.63) is 112 Å². The zero-order valence-corrected chi connectivity index (χ0v) is 19.1. The van der Waals surface area contributed by atoms with Gasteiger partial charge >= 0.3 is 0 Å². The van der Waals surface area contributed by atoms with E-state index in [9.17, 15) is 14.4 Å². The fourth-order valence-electron chi connectivity index (χ4n) is 3.59. The average Bonchev–Trinajstić information content (AvgIpc) is 2.84. The molecular weight excluding hydrogens is 451 g/mol. The number of hydrogen-bond acceptors (Lipinski definition) is 3. The molecule has 4 nitrogen and oxygen atoms in total. The molecule has 0 unspecified atom stereocenters. The van der Waals surface area contributed by atoms with Crippen LogP contribution in [0.15, 0.2) is 84.4 Å². The third kappa shape index (κ3) is 5.25. The number of aryl methyl sites for hydroxylation is 1. The molecule has 1 amide bonds. The number of carbonyl (C=O) groups excluding carboxylic acids is 1. The molecule has 0 radical (unpaired) electrons. The highest BCUT2D eigenvalue weighted by Gasteiger charge is 2.13. The van der Waals surface area contributed by atoms with Crippen molar-refractivity contribution < 1.29 is 13.9 Å².